The molecule has 0 spiro atoms. The van der Waals surface area contributed by atoms with Gasteiger partial charge in [-0.15, -0.1) is 0 Å². The van der Waals surface area contributed by atoms with Gasteiger partial charge in [-0.1, -0.05) is 12.1 Å². The van der Waals surface area contributed by atoms with Gasteiger partial charge in [0, 0.05) is 19.5 Å². The molecule has 134 valence electrons. The lowest BCUT2D eigenvalue weighted by Crippen LogP contribution is -2.42. The van der Waals surface area contributed by atoms with Gasteiger partial charge in [-0.3, -0.25) is 4.79 Å². The van der Waals surface area contributed by atoms with Gasteiger partial charge in [0.05, 0.1) is 10.9 Å². The molecule has 1 aliphatic heterocycles. The number of aromatic nitrogens is 2. The van der Waals surface area contributed by atoms with Gasteiger partial charge in [0.15, 0.2) is 0 Å². The van der Waals surface area contributed by atoms with Crippen molar-refractivity contribution >= 4 is 17.0 Å². The lowest BCUT2D eigenvalue weighted by atomic mass is 9.93. The van der Waals surface area contributed by atoms with Crippen molar-refractivity contribution in [2.75, 3.05) is 13.1 Å². The average Bonchev–Trinajstić information content (AvgIpc) is 2.54. The van der Waals surface area contributed by atoms with Crippen LogP contribution < -0.4 is 5.56 Å². The number of nitrogens with zero attached hydrogens (tertiary/aromatic N) is 2. The second kappa shape index (κ2) is 6.86. The first-order chi connectivity index (χ1) is 11.8. The van der Waals surface area contributed by atoms with E-state index in [0.29, 0.717) is 24.4 Å². The van der Waals surface area contributed by atoms with Crippen LogP contribution in [-0.2, 0) is 11.2 Å². The summed E-state index contributed by atoms with van der Waals surface area (Å²) in [5.41, 5.74) is 0.168. The fraction of sp³-hybridized carbons (Fsp3) is 0.526. The number of fused-ring (bicyclic) bond motifs is 1. The van der Waals surface area contributed by atoms with Gasteiger partial charge >= 0.3 is 6.09 Å². The van der Waals surface area contributed by atoms with Crippen molar-refractivity contribution in [2.45, 2.75) is 45.6 Å². The quantitative estimate of drug-likeness (QED) is 0.909. The zero-order valence-corrected chi connectivity index (χ0v) is 15.0. The van der Waals surface area contributed by atoms with Gasteiger partial charge in [-0.05, 0) is 51.7 Å². The van der Waals surface area contributed by atoms with Crippen LogP contribution in [0.15, 0.2) is 29.1 Å². The maximum Gasteiger partial charge on any atom is 0.410 e. The van der Waals surface area contributed by atoms with Gasteiger partial charge in [-0.25, -0.2) is 9.78 Å². The van der Waals surface area contributed by atoms with Crippen LogP contribution in [0.1, 0.15) is 39.4 Å². The van der Waals surface area contributed by atoms with Crippen LogP contribution >= 0.6 is 0 Å². The van der Waals surface area contributed by atoms with Gasteiger partial charge in [-0.2, -0.15) is 0 Å². The Labute approximate surface area is 147 Å². The first-order valence-electron chi connectivity index (χ1n) is 8.78. The van der Waals surface area contributed by atoms with Crippen molar-refractivity contribution in [2.24, 2.45) is 5.92 Å². The van der Waals surface area contributed by atoms with Crippen LogP contribution in [0.25, 0.3) is 10.9 Å². The van der Waals surface area contributed by atoms with E-state index in [9.17, 15) is 9.59 Å². The molecule has 2 heterocycles. The Bertz CT molecular complexity index is 815. The third kappa shape index (κ3) is 4.38. The second-order valence-corrected chi connectivity index (χ2v) is 7.64. The first kappa shape index (κ1) is 17.5. The Hall–Kier alpha value is -2.37. The van der Waals surface area contributed by atoms with Crippen molar-refractivity contribution < 1.29 is 9.53 Å². The molecule has 6 heteroatoms. The maximum absolute atomic E-state index is 12.2. The molecule has 1 aromatic heterocycles. The third-order valence-corrected chi connectivity index (χ3v) is 4.41. The number of ether oxygens (including phenoxy) is 1. The highest BCUT2D eigenvalue weighted by molar-refractivity contribution is 5.77. The number of nitrogens with one attached hydrogen (secondary N) is 1. The third-order valence-electron chi connectivity index (χ3n) is 4.41. The molecule has 2 aromatic rings. The van der Waals surface area contributed by atoms with Gasteiger partial charge in [0.1, 0.15) is 11.4 Å². The fourth-order valence-electron chi connectivity index (χ4n) is 3.15. The van der Waals surface area contributed by atoms with E-state index >= 15 is 0 Å². The minimum Gasteiger partial charge on any atom is -0.444 e. The molecule has 1 aliphatic rings. The average molecular weight is 343 g/mol. The van der Waals surface area contributed by atoms with Gasteiger partial charge in [0.25, 0.3) is 5.56 Å². The van der Waals surface area contributed by atoms with Crippen molar-refractivity contribution in [1.82, 2.24) is 14.9 Å². The van der Waals surface area contributed by atoms with E-state index in [-0.39, 0.29) is 11.7 Å². The van der Waals surface area contributed by atoms with Crippen molar-refractivity contribution in [3.05, 3.63) is 40.4 Å². The van der Waals surface area contributed by atoms with Crippen molar-refractivity contribution in [1.29, 1.82) is 0 Å². The van der Waals surface area contributed by atoms with Crippen LogP contribution in [-0.4, -0.2) is 39.7 Å². The Morgan fingerprint density at radius 1 is 1.28 bits per heavy atom. The summed E-state index contributed by atoms with van der Waals surface area (Å²) in [6, 6.07) is 7.37. The number of benzene rings is 1. The molecule has 1 fully saturated rings. The van der Waals surface area contributed by atoms with Crippen molar-refractivity contribution in [3.8, 4) is 0 Å². The standard InChI is InChI=1S/C19H25N3O3/c1-19(2,3)25-18(24)22-10-8-13(9-11-22)12-16-20-15-7-5-4-6-14(15)17(23)21-16/h4-7,13H,8-12H2,1-3H3,(H,20,21,23). The Morgan fingerprint density at radius 2 is 1.96 bits per heavy atom. The number of piperidine rings is 1. The monoisotopic (exact) mass is 343 g/mol. The molecule has 3 rings (SSSR count). The van der Waals surface area contributed by atoms with Crippen LogP contribution in [0.2, 0.25) is 0 Å². The maximum atomic E-state index is 12.2. The van der Waals surface area contributed by atoms with E-state index in [2.05, 4.69) is 9.97 Å². The molecule has 0 atom stereocenters. The number of likely N-dealkylation sites (tertiary alicyclic amines) is 1. The molecular weight excluding hydrogens is 318 g/mol. The Morgan fingerprint density at radius 3 is 2.64 bits per heavy atom. The molecule has 0 aliphatic carbocycles. The SMILES string of the molecule is CC(C)(C)OC(=O)N1CCC(Cc2nc3ccccc3c(=O)[nH]2)CC1. The zero-order valence-electron chi connectivity index (χ0n) is 15.0. The number of carbonyl (C=O) groups is 1. The highest BCUT2D eigenvalue weighted by atomic mass is 16.6. The number of carbonyl (C=O) groups excluding carboxylic acids is 1. The van der Waals surface area contributed by atoms with E-state index in [4.69, 9.17) is 4.74 Å². The molecular formula is C19H25N3O3. The summed E-state index contributed by atoms with van der Waals surface area (Å²) in [5, 5.41) is 0.617. The molecule has 1 aromatic carbocycles. The smallest absolute Gasteiger partial charge is 0.410 e. The predicted octanol–water partition coefficient (Wildman–Crippen LogP) is 3.11. The highest BCUT2D eigenvalue weighted by Gasteiger charge is 2.27. The van der Waals surface area contributed by atoms with Crippen LogP contribution in [0.3, 0.4) is 0 Å². The number of H-pyrrole nitrogens is 1. The van der Waals surface area contributed by atoms with Crippen LogP contribution in [0, 0.1) is 5.92 Å². The van der Waals surface area contributed by atoms with E-state index in [0.717, 1.165) is 30.6 Å². The molecule has 1 N–H and O–H groups in total. The van der Waals surface area contributed by atoms with Crippen LogP contribution in [0.5, 0.6) is 0 Å². The summed E-state index contributed by atoms with van der Waals surface area (Å²) in [5.74, 6) is 1.13. The van der Waals surface area contributed by atoms with E-state index in [1.165, 1.54) is 0 Å². The Balaban J connectivity index is 1.61. The highest BCUT2D eigenvalue weighted by Crippen LogP contribution is 2.22. The topological polar surface area (TPSA) is 75.3 Å². The largest absolute Gasteiger partial charge is 0.444 e. The predicted molar refractivity (Wildman–Crippen MR) is 96.6 cm³/mol. The number of hydrogen-bond acceptors (Lipinski definition) is 4. The summed E-state index contributed by atoms with van der Waals surface area (Å²) >= 11 is 0. The molecule has 25 heavy (non-hydrogen) atoms. The summed E-state index contributed by atoms with van der Waals surface area (Å²) in [6.45, 7) is 6.98. The molecule has 0 bridgehead atoms. The summed E-state index contributed by atoms with van der Waals surface area (Å²) in [4.78, 5) is 33.5. The fourth-order valence-corrected chi connectivity index (χ4v) is 3.15. The molecule has 0 saturated carbocycles. The summed E-state index contributed by atoms with van der Waals surface area (Å²) in [6.07, 6.45) is 2.25. The minimum absolute atomic E-state index is 0.0909. The molecule has 0 radical (unpaired) electrons. The number of para-hydroxylation sites is 1. The lowest BCUT2D eigenvalue weighted by molar-refractivity contribution is 0.0184. The molecule has 1 saturated heterocycles. The number of hydrogen-bond donors (Lipinski definition) is 1. The lowest BCUT2D eigenvalue weighted by Gasteiger charge is -2.33. The summed E-state index contributed by atoms with van der Waals surface area (Å²) in [7, 11) is 0. The van der Waals surface area contributed by atoms with Gasteiger partial charge < -0.3 is 14.6 Å². The van der Waals surface area contributed by atoms with E-state index < -0.39 is 5.60 Å². The number of amides is 1. The van der Waals surface area contributed by atoms with E-state index in [1.54, 1.807) is 11.0 Å². The van der Waals surface area contributed by atoms with Gasteiger partial charge in [0.2, 0.25) is 0 Å². The molecule has 0 unspecified atom stereocenters. The van der Waals surface area contributed by atoms with Crippen LogP contribution in [0.4, 0.5) is 4.79 Å². The second-order valence-electron chi connectivity index (χ2n) is 7.64. The zero-order chi connectivity index (χ0) is 18.0. The molecule has 6 nitrogen and oxygen atoms in total. The first-order valence-corrected chi connectivity index (χ1v) is 8.78. The Kier molecular flexibility index (Phi) is 4.79. The number of aromatic amines is 1. The summed E-state index contributed by atoms with van der Waals surface area (Å²) < 4.78 is 5.42. The van der Waals surface area contributed by atoms with Crippen molar-refractivity contribution in [3.63, 3.8) is 0 Å². The number of rotatable bonds is 2. The van der Waals surface area contributed by atoms with E-state index in [1.807, 2.05) is 39.0 Å². The molecule has 1 amide bonds. The normalized spacial score (nSPS) is 16.2. The minimum atomic E-state index is -0.470.